The molecule has 1 amide bonds. The number of carbonyl (C=O) groups is 1. The average Bonchev–Trinajstić information content (AvgIpc) is 2.37. The summed E-state index contributed by atoms with van der Waals surface area (Å²) in [4.78, 5) is 10.9. The molecule has 2 rings (SSSR count). The second-order valence-corrected chi connectivity index (χ2v) is 4.48. The lowest BCUT2D eigenvalue weighted by Gasteiger charge is -2.08. The van der Waals surface area contributed by atoms with Crippen LogP contribution in [0, 0.1) is 6.92 Å². The molecule has 0 radical (unpaired) electrons. The molecule has 98 valence electrons. The van der Waals surface area contributed by atoms with Gasteiger partial charge in [0.25, 0.3) is 0 Å². The summed E-state index contributed by atoms with van der Waals surface area (Å²) < 4.78 is 5.69. The Bertz CT molecular complexity index is 561. The van der Waals surface area contributed by atoms with Crippen molar-refractivity contribution in [3.05, 3.63) is 59.7 Å². The number of rotatable bonds is 4. The fourth-order valence-corrected chi connectivity index (χ4v) is 1.81. The molecule has 0 aliphatic carbocycles. The van der Waals surface area contributed by atoms with Gasteiger partial charge in [0.15, 0.2) is 0 Å². The molecule has 1 N–H and O–H groups in total. The van der Waals surface area contributed by atoms with Crippen molar-refractivity contribution < 1.29 is 9.53 Å². The summed E-state index contributed by atoms with van der Waals surface area (Å²) in [6.45, 7) is 4.09. The van der Waals surface area contributed by atoms with Gasteiger partial charge in [-0.2, -0.15) is 0 Å². The van der Waals surface area contributed by atoms with Crippen LogP contribution < -0.4 is 10.1 Å². The maximum absolute atomic E-state index is 10.9. The molecule has 0 heterocycles. The summed E-state index contributed by atoms with van der Waals surface area (Å²) in [6.07, 6.45) is 0. The number of hydrogen-bond acceptors (Lipinski definition) is 2. The molecule has 0 bridgehead atoms. The van der Waals surface area contributed by atoms with Crippen LogP contribution in [0.4, 0.5) is 5.69 Å². The third-order valence-corrected chi connectivity index (χ3v) is 2.66. The van der Waals surface area contributed by atoms with Crippen molar-refractivity contribution in [3.63, 3.8) is 0 Å². The Morgan fingerprint density at radius 1 is 1.16 bits per heavy atom. The quantitative estimate of drug-likeness (QED) is 0.907. The fraction of sp³-hybridized carbons (Fsp3) is 0.188. The van der Waals surface area contributed by atoms with Gasteiger partial charge in [-0.3, -0.25) is 4.79 Å². The Morgan fingerprint density at radius 2 is 1.89 bits per heavy atom. The van der Waals surface area contributed by atoms with Crippen molar-refractivity contribution in [2.75, 3.05) is 5.32 Å². The smallest absolute Gasteiger partial charge is 0.221 e. The van der Waals surface area contributed by atoms with E-state index in [-0.39, 0.29) is 5.91 Å². The standard InChI is InChI=1S/C16H17NO2/c1-12-4-3-5-14(10-12)11-19-16-8-6-15(7-9-16)17-13(2)18/h3-10H,11H2,1-2H3,(H,17,18). The van der Waals surface area contributed by atoms with Crippen LogP contribution >= 0.6 is 0 Å². The van der Waals surface area contributed by atoms with Gasteiger partial charge < -0.3 is 10.1 Å². The summed E-state index contributed by atoms with van der Waals surface area (Å²) in [6, 6.07) is 15.6. The van der Waals surface area contributed by atoms with Gasteiger partial charge in [-0.25, -0.2) is 0 Å². The lowest BCUT2D eigenvalue weighted by molar-refractivity contribution is -0.114. The first-order valence-electron chi connectivity index (χ1n) is 6.19. The zero-order chi connectivity index (χ0) is 13.7. The van der Waals surface area contributed by atoms with Crippen LogP contribution in [0.15, 0.2) is 48.5 Å². The Balaban J connectivity index is 1.94. The number of amides is 1. The lowest BCUT2D eigenvalue weighted by Crippen LogP contribution is -2.05. The van der Waals surface area contributed by atoms with Crippen LogP contribution in [0.3, 0.4) is 0 Å². The first kappa shape index (κ1) is 13.1. The molecular formula is C16H17NO2. The third-order valence-electron chi connectivity index (χ3n) is 2.66. The van der Waals surface area contributed by atoms with Crippen LogP contribution in [-0.4, -0.2) is 5.91 Å². The summed E-state index contributed by atoms with van der Waals surface area (Å²) in [5.74, 6) is 0.712. The van der Waals surface area contributed by atoms with E-state index in [2.05, 4.69) is 24.4 Å². The molecule has 0 aliphatic rings. The Morgan fingerprint density at radius 3 is 2.53 bits per heavy atom. The van der Waals surface area contributed by atoms with Crippen LogP contribution in [0.1, 0.15) is 18.1 Å². The predicted molar refractivity (Wildman–Crippen MR) is 76.3 cm³/mol. The summed E-state index contributed by atoms with van der Waals surface area (Å²) in [5.41, 5.74) is 3.14. The predicted octanol–water partition coefficient (Wildman–Crippen LogP) is 3.53. The lowest BCUT2D eigenvalue weighted by atomic mass is 10.1. The minimum atomic E-state index is -0.0755. The number of carbonyl (C=O) groups excluding carboxylic acids is 1. The first-order chi connectivity index (χ1) is 9.13. The van der Waals surface area contributed by atoms with E-state index in [1.54, 1.807) is 0 Å². The molecule has 0 atom stereocenters. The zero-order valence-electron chi connectivity index (χ0n) is 11.1. The van der Waals surface area contributed by atoms with E-state index in [0.717, 1.165) is 17.0 Å². The van der Waals surface area contributed by atoms with Crippen LogP contribution in [-0.2, 0) is 11.4 Å². The van der Waals surface area contributed by atoms with E-state index in [9.17, 15) is 4.79 Å². The molecular weight excluding hydrogens is 238 g/mol. The molecule has 0 unspecified atom stereocenters. The van der Waals surface area contributed by atoms with Gasteiger partial charge in [-0.15, -0.1) is 0 Å². The van der Waals surface area contributed by atoms with Gasteiger partial charge in [-0.05, 0) is 36.8 Å². The number of anilines is 1. The van der Waals surface area contributed by atoms with E-state index in [1.807, 2.05) is 36.4 Å². The maximum atomic E-state index is 10.9. The van der Waals surface area contributed by atoms with Gasteiger partial charge in [0.1, 0.15) is 12.4 Å². The number of hydrogen-bond donors (Lipinski definition) is 1. The fourth-order valence-electron chi connectivity index (χ4n) is 1.81. The third kappa shape index (κ3) is 4.14. The molecule has 0 saturated heterocycles. The number of ether oxygens (including phenoxy) is 1. The van der Waals surface area contributed by atoms with Crippen molar-refractivity contribution in [1.29, 1.82) is 0 Å². The topological polar surface area (TPSA) is 38.3 Å². The monoisotopic (exact) mass is 255 g/mol. The summed E-state index contributed by atoms with van der Waals surface area (Å²) >= 11 is 0. The SMILES string of the molecule is CC(=O)Nc1ccc(OCc2cccc(C)c2)cc1. The first-order valence-corrected chi connectivity index (χ1v) is 6.19. The molecule has 2 aromatic rings. The minimum absolute atomic E-state index is 0.0755. The van der Waals surface area contributed by atoms with Gasteiger partial charge in [0.05, 0.1) is 0 Å². The van der Waals surface area contributed by atoms with Crippen molar-refractivity contribution >= 4 is 11.6 Å². The van der Waals surface area contributed by atoms with Crippen LogP contribution in [0.5, 0.6) is 5.75 Å². The van der Waals surface area contributed by atoms with Gasteiger partial charge in [0, 0.05) is 12.6 Å². The summed E-state index contributed by atoms with van der Waals surface area (Å²) in [5, 5.41) is 2.72. The van der Waals surface area contributed by atoms with Crippen LogP contribution in [0.25, 0.3) is 0 Å². The van der Waals surface area contributed by atoms with Gasteiger partial charge >= 0.3 is 0 Å². The van der Waals surface area contributed by atoms with Gasteiger partial charge in [0.2, 0.25) is 5.91 Å². The molecule has 0 aromatic heterocycles. The van der Waals surface area contributed by atoms with Gasteiger partial charge in [-0.1, -0.05) is 29.8 Å². The van der Waals surface area contributed by atoms with E-state index in [4.69, 9.17) is 4.74 Å². The highest BCUT2D eigenvalue weighted by atomic mass is 16.5. The molecule has 19 heavy (non-hydrogen) atoms. The highest BCUT2D eigenvalue weighted by Crippen LogP contribution is 2.17. The Hall–Kier alpha value is -2.29. The average molecular weight is 255 g/mol. The highest BCUT2D eigenvalue weighted by molar-refractivity contribution is 5.88. The van der Waals surface area contributed by atoms with E-state index in [1.165, 1.54) is 12.5 Å². The normalized spacial score (nSPS) is 10.0. The molecule has 3 nitrogen and oxygen atoms in total. The second kappa shape index (κ2) is 6.05. The van der Waals surface area contributed by atoms with Crippen molar-refractivity contribution in [3.8, 4) is 5.75 Å². The molecule has 0 spiro atoms. The molecule has 0 aliphatic heterocycles. The maximum Gasteiger partial charge on any atom is 0.221 e. The zero-order valence-corrected chi connectivity index (χ0v) is 11.1. The van der Waals surface area contributed by atoms with E-state index < -0.39 is 0 Å². The molecule has 0 fully saturated rings. The largest absolute Gasteiger partial charge is 0.489 e. The number of nitrogens with one attached hydrogen (secondary N) is 1. The summed E-state index contributed by atoms with van der Waals surface area (Å²) in [7, 11) is 0. The van der Waals surface area contributed by atoms with E-state index >= 15 is 0 Å². The van der Waals surface area contributed by atoms with E-state index in [0.29, 0.717) is 6.61 Å². The second-order valence-electron chi connectivity index (χ2n) is 4.48. The highest BCUT2D eigenvalue weighted by Gasteiger charge is 1.98. The molecule has 3 heteroatoms. The number of benzene rings is 2. The Labute approximate surface area is 113 Å². The molecule has 2 aromatic carbocycles. The molecule has 0 saturated carbocycles. The van der Waals surface area contributed by atoms with Crippen molar-refractivity contribution in [2.45, 2.75) is 20.5 Å². The van der Waals surface area contributed by atoms with Crippen molar-refractivity contribution in [2.24, 2.45) is 0 Å². The number of aryl methyl sites for hydroxylation is 1. The Kier molecular flexibility index (Phi) is 4.18. The van der Waals surface area contributed by atoms with Crippen LogP contribution in [0.2, 0.25) is 0 Å². The minimum Gasteiger partial charge on any atom is -0.489 e. The van der Waals surface area contributed by atoms with Crippen molar-refractivity contribution in [1.82, 2.24) is 0 Å².